The van der Waals surface area contributed by atoms with Gasteiger partial charge in [-0.25, -0.2) is 0 Å². The molecule has 2 aromatic carbocycles. The molecule has 0 saturated heterocycles. The van der Waals surface area contributed by atoms with Crippen molar-refractivity contribution in [3.05, 3.63) is 81.4 Å². The van der Waals surface area contributed by atoms with Gasteiger partial charge in [0.2, 0.25) is 0 Å². The number of para-hydroxylation sites is 2. The fourth-order valence-electron chi connectivity index (χ4n) is 4.17. The Morgan fingerprint density at radius 2 is 1.96 bits per heavy atom. The molecular weight excluding hydrogens is 330 g/mol. The molecule has 6 nitrogen and oxygen atoms in total. The first-order valence-electron chi connectivity index (χ1n) is 8.63. The van der Waals surface area contributed by atoms with Crippen LogP contribution in [0.25, 0.3) is 0 Å². The molecule has 26 heavy (non-hydrogen) atoms. The number of amides is 1. The summed E-state index contributed by atoms with van der Waals surface area (Å²) in [6.45, 7) is 0. The highest BCUT2D eigenvalue weighted by Crippen LogP contribution is 2.51. The SMILES string of the molecule is CNC(=O)c1cccc2c1NC(c1ccccc1[N+](=O)[O-])C1CC=CC21. The second kappa shape index (κ2) is 6.29. The fourth-order valence-corrected chi connectivity index (χ4v) is 4.17. The van der Waals surface area contributed by atoms with Crippen LogP contribution in [-0.2, 0) is 0 Å². The van der Waals surface area contributed by atoms with Gasteiger partial charge in [0.05, 0.1) is 27.8 Å². The van der Waals surface area contributed by atoms with Gasteiger partial charge < -0.3 is 10.6 Å². The third-order valence-corrected chi connectivity index (χ3v) is 5.34. The number of hydrogen-bond acceptors (Lipinski definition) is 4. The summed E-state index contributed by atoms with van der Waals surface area (Å²) in [6, 6.07) is 12.3. The average molecular weight is 349 g/mol. The zero-order valence-corrected chi connectivity index (χ0v) is 14.3. The molecular formula is C20H19N3O3. The highest BCUT2D eigenvalue weighted by Gasteiger charge is 2.41. The van der Waals surface area contributed by atoms with Crippen molar-refractivity contribution in [2.24, 2.45) is 5.92 Å². The number of nitro groups is 1. The van der Waals surface area contributed by atoms with Crippen molar-refractivity contribution in [1.29, 1.82) is 0 Å². The molecule has 3 atom stereocenters. The molecule has 3 unspecified atom stereocenters. The number of allylic oxidation sites excluding steroid dienone is 2. The predicted molar refractivity (Wildman–Crippen MR) is 99.3 cm³/mol. The molecule has 0 saturated carbocycles. The van der Waals surface area contributed by atoms with Crippen molar-refractivity contribution in [2.45, 2.75) is 18.4 Å². The minimum atomic E-state index is -0.339. The molecule has 0 fully saturated rings. The Labute approximate surface area is 151 Å². The third-order valence-electron chi connectivity index (χ3n) is 5.34. The van der Waals surface area contributed by atoms with Crippen LogP contribution in [0.15, 0.2) is 54.6 Å². The van der Waals surface area contributed by atoms with E-state index >= 15 is 0 Å². The molecule has 0 bridgehead atoms. The summed E-state index contributed by atoms with van der Waals surface area (Å²) in [6.07, 6.45) is 5.12. The van der Waals surface area contributed by atoms with E-state index in [1.165, 1.54) is 6.07 Å². The van der Waals surface area contributed by atoms with Gasteiger partial charge in [0.1, 0.15) is 0 Å². The van der Waals surface area contributed by atoms with Crippen molar-refractivity contribution >= 4 is 17.3 Å². The highest BCUT2D eigenvalue weighted by atomic mass is 16.6. The average Bonchev–Trinajstić information content (AvgIpc) is 3.16. The van der Waals surface area contributed by atoms with Crippen LogP contribution in [0.3, 0.4) is 0 Å². The van der Waals surface area contributed by atoms with E-state index in [1.807, 2.05) is 18.2 Å². The van der Waals surface area contributed by atoms with Crippen LogP contribution in [0.1, 0.15) is 39.9 Å². The van der Waals surface area contributed by atoms with Gasteiger partial charge in [-0.15, -0.1) is 0 Å². The van der Waals surface area contributed by atoms with Gasteiger partial charge >= 0.3 is 0 Å². The number of carbonyl (C=O) groups is 1. The number of nitrogens with one attached hydrogen (secondary N) is 2. The number of nitro benzene ring substituents is 1. The third kappa shape index (κ3) is 2.45. The number of benzene rings is 2. The molecule has 2 N–H and O–H groups in total. The van der Waals surface area contributed by atoms with Gasteiger partial charge in [-0.1, -0.05) is 42.5 Å². The van der Waals surface area contributed by atoms with E-state index in [1.54, 1.807) is 25.2 Å². The molecule has 0 radical (unpaired) electrons. The molecule has 1 amide bonds. The van der Waals surface area contributed by atoms with Crippen molar-refractivity contribution in [3.8, 4) is 0 Å². The molecule has 0 aromatic heterocycles. The van der Waals surface area contributed by atoms with Gasteiger partial charge in [0, 0.05) is 19.0 Å². The summed E-state index contributed by atoms with van der Waals surface area (Å²) in [7, 11) is 1.60. The van der Waals surface area contributed by atoms with Crippen LogP contribution < -0.4 is 10.6 Å². The molecule has 2 aromatic rings. The smallest absolute Gasteiger partial charge is 0.274 e. The molecule has 4 rings (SSSR count). The maximum Gasteiger partial charge on any atom is 0.274 e. The Kier molecular flexibility index (Phi) is 3.95. The topological polar surface area (TPSA) is 84.3 Å². The lowest BCUT2D eigenvalue weighted by Gasteiger charge is -2.38. The number of rotatable bonds is 3. The lowest BCUT2D eigenvalue weighted by Crippen LogP contribution is -2.31. The monoisotopic (exact) mass is 349 g/mol. The van der Waals surface area contributed by atoms with Crippen molar-refractivity contribution in [3.63, 3.8) is 0 Å². The summed E-state index contributed by atoms with van der Waals surface area (Å²) in [5.41, 5.74) is 3.17. The second-order valence-corrected chi connectivity index (χ2v) is 6.64. The maximum absolute atomic E-state index is 12.3. The largest absolute Gasteiger partial charge is 0.377 e. The predicted octanol–water partition coefficient (Wildman–Crippen LogP) is 3.78. The Bertz CT molecular complexity index is 922. The van der Waals surface area contributed by atoms with E-state index in [0.29, 0.717) is 11.1 Å². The van der Waals surface area contributed by atoms with Gasteiger partial charge in [0.15, 0.2) is 0 Å². The summed E-state index contributed by atoms with van der Waals surface area (Å²) in [5, 5.41) is 17.7. The zero-order chi connectivity index (χ0) is 18.3. The first-order valence-corrected chi connectivity index (χ1v) is 8.63. The minimum absolute atomic E-state index is 0.108. The van der Waals surface area contributed by atoms with E-state index in [-0.39, 0.29) is 34.4 Å². The number of anilines is 1. The highest BCUT2D eigenvalue weighted by molar-refractivity contribution is 6.00. The summed E-state index contributed by atoms with van der Waals surface area (Å²) < 4.78 is 0. The summed E-state index contributed by atoms with van der Waals surface area (Å²) >= 11 is 0. The number of fused-ring (bicyclic) bond motifs is 3. The maximum atomic E-state index is 12.3. The van der Waals surface area contributed by atoms with Crippen molar-refractivity contribution in [1.82, 2.24) is 5.32 Å². The van der Waals surface area contributed by atoms with Crippen LogP contribution in [0, 0.1) is 16.0 Å². The molecule has 1 aliphatic carbocycles. The Hall–Kier alpha value is -3.15. The van der Waals surface area contributed by atoms with Crippen LogP contribution in [0.5, 0.6) is 0 Å². The Balaban J connectivity index is 1.87. The lowest BCUT2D eigenvalue weighted by atomic mass is 9.76. The molecule has 1 heterocycles. The van der Waals surface area contributed by atoms with Gasteiger partial charge in [-0.2, -0.15) is 0 Å². The zero-order valence-electron chi connectivity index (χ0n) is 14.3. The van der Waals surface area contributed by atoms with E-state index in [9.17, 15) is 14.9 Å². The van der Waals surface area contributed by atoms with Crippen LogP contribution in [0.4, 0.5) is 11.4 Å². The molecule has 1 aliphatic heterocycles. The van der Waals surface area contributed by atoms with Gasteiger partial charge in [-0.3, -0.25) is 14.9 Å². The van der Waals surface area contributed by atoms with Crippen molar-refractivity contribution in [2.75, 3.05) is 12.4 Å². The van der Waals surface area contributed by atoms with E-state index in [2.05, 4.69) is 22.8 Å². The minimum Gasteiger partial charge on any atom is -0.377 e. The second-order valence-electron chi connectivity index (χ2n) is 6.64. The van der Waals surface area contributed by atoms with Crippen LogP contribution in [0.2, 0.25) is 0 Å². The van der Waals surface area contributed by atoms with Crippen LogP contribution in [-0.4, -0.2) is 17.9 Å². The lowest BCUT2D eigenvalue weighted by molar-refractivity contribution is -0.385. The normalized spacial score (nSPS) is 22.9. The molecule has 0 spiro atoms. The number of nitrogens with zero attached hydrogens (tertiary/aromatic N) is 1. The first-order chi connectivity index (χ1) is 12.6. The Morgan fingerprint density at radius 1 is 1.19 bits per heavy atom. The van der Waals surface area contributed by atoms with Crippen LogP contribution >= 0.6 is 0 Å². The van der Waals surface area contributed by atoms with E-state index < -0.39 is 0 Å². The number of hydrogen-bond donors (Lipinski definition) is 2. The van der Waals surface area contributed by atoms with Gasteiger partial charge in [-0.05, 0) is 24.0 Å². The molecule has 132 valence electrons. The standard InChI is InChI=1S/C20H19N3O3/c1-21-20(24)16-10-5-9-14-12-7-4-8-13(12)18(22-19(14)16)15-6-2-3-11-17(15)23(25)26/h2-7,9-13,18,22H,8H2,1H3,(H,21,24). The molecule has 6 heteroatoms. The Morgan fingerprint density at radius 3 is 2.73 bits per heavy atom. The number of carbonyl (C=O) groups excluding carboxylic acids is 1. The fraction of sp³-hybridized carbons (Fsp3) is 0.250. The van der Waals surface area contributed by atoms with E-state index in [4.69, 9.17) is 0 Å². The quantitative estimate of drug-likeness (QED) is 0.502. The summed E-state index contributed by atoms with van der Waals surface area (Å²) in [4.78, 5) is 23.5. The summed E-state index contributed by atoms with van der Waals surface area (Å²) in [5.74, 6) is 0.153. The molecule has 2 aliphatic rings. The van der Waals surface area contributed by atoms with E-state index in [0.717, 1.165) is 17.7 Å². The van der Waals surface area contributed by atoms with Crippen molar-refractivity contribution < 1.29 is 9.72 Å². The first kappa shape index (κ1) is 16.3. The van der Waals surface area contributed by atoms with Gasteiger partial charge in [0.25, 0.3) is 11.6 Å².